The number of anilines is 1. The lowest BCUT2D eigenvalue weighted by atomic mass is 10.2. The third kappa shape index (κ3) is 2.02. The molecule has 0 aliphatic rings. The topological polar surface area (TPSA) is 53.6 Å². The Balaban J connectivity index is 2.16. The summed E-state index contributed by atoms with van der Waals surface area (Å²) in [6, 6.07) is 0.222. The van der Waals surface area contributed by atoms with Crippen molar-refractivity contribution in [3.05, 3.63) is 28.0 Å². The van der Waals surface area contributed by atoms with Crippen LogP contribution in [0.3, 0.4) is 0 Å². The third-order valence-electron chi connectivity index (χ3n) is 2.31. The van der Waals surface area contributed by atoms with Crippen molar-refractivity contribution >= 4 is 17.0 Å². The number of aromatic amines is 1. The van der Waals surface area contributed by atoms with Crippen molar-refractivity contribution in [1.29, 1.82) is 0 Å². The number of thiazole rings is 1. The van der Waals surface area contributed by atoms with Crippen LogP contribution < -0.4 is 5.32 Å². The quantitative estimate of drug-likeness (QED) is 0.839. The first-order chi connectivity index (χ1) is 7.18. The van der Waals surface area contributed by atoms with Gasteiger partial charge < -0.3 is 5.32 Å². The summed E-state index contributed by atoms with van der Waals surface area (Å²) in [5.74, 6) is 0. The molecule has 2 N–H and O–H groups in total. The van der Waals surface area contributed by atoms with Crippen LogP contribution in [0.15, 0.2) is 11.6 Å². The number of nitrogens with one attached hydrogen (secondary N) is 2. The molecule has 15 heavy (non-hydrogen) atoms. The molecule has 4 nitrogen and oxygen atoms in total. The SMILES string of the molecule is Cc1n[nH]c(C)c1NC(C)c1nccs1. The molecular weight excluding hydrogens is 208 g/mol. The summed E-state index contributed by atoms with van der Waals surface area (Å²) >= 11 is 1.66. The van der Waals surface area contributed by atoms with Gasteiger partial charge in [0.1, 0.15) is 5.01 Å². The van der Waals surface area contributed by atoms with Crippen molar-refractivity contribution in [2.45, 2.75) is 26.8 Å². The van der Waals surface area contributed by atoms with Gasteiger partial charge in [-0.2, -0.15) is 5.10 Å². The summed E-state index contributed by atoms with van der Waals surface area (Å²) in [5.41, 5.74) is 3.14. The standard InChI is InChI=1S/C10H14N4S/c1-6-9(7(2)14-13-6)12-8(3)10-11-4-5-15-10/h4-5,8,12H,1-3H3,(H,13,14). The summed E-state index contributed by atoms with van der Waals surface area (Å²) < 4.78 is 0. The highest BCUT2D eigenvalue weighted by atomic mass is 32.1. The predicted molar refractivity (Wildman–Crippen MR) is 62.2 cm³/mol. The van der Waals surface area contributed by atoms with Gasteiger partial charge in [-0.1, -0.05) is 0 Å². The van der Waals surface area contributed by atoms with E-state index in [0.29, 0.717) is 0 Å². The summed E-state index contributed by atoms with van der Waals surface area (Å²) in [4.78, 5) is 4.28. The highest BCUT2D eigenvalue weighted by molar-refractivity contribution is 7.09. The van der Waals surface area contributed by atoms with Crippen LogP contribution in [-0.4, -0.2) is 15.2 Å². The molecule has 1 atom stereocenters. The molecule has 0 amide bonds. The number of hydrogen-bond acceptors (Lipinski definition) is 4. The number of rotatable bonds is 3. The maximum Gasteiger partial charge on any atom is 0.115 e. The Morgan fingerprint density at radius 1 is 1.47 bits per heavy atom. The van der Waals surface area contributed by atoms with E-state index in [1.54, 1.807) is 11.3 Å². The predicted octanol–water partition coefficient (Wildman–Crippen LogP) is 2.66. The minimum Gasteiger partial charge on any atom is -0.373 e. The van der Waals surface area contributed by atoms with E-state index >= 15 is 0 Å². The average molecular weight is 222 g/mol. The Hall–Kier alpha value is -1.36. The third-order valence-corrected chi connectivity index (χ3v) is 3.27. The molecule has 0 bridgehead atoms. The molecule has 0 aromatic carbocycles. The van der Waals surface area contributed by atoms with Gasteiger partial charge in [-0.15, -0.1) is 11.3 Å². The van der Waals surface area contributed by atoms with Crippen LogP contribution in [0.1, 0.15) is 29.4 Å². The lowest BCUT2D eigenvalue weighted by Crippen LogP contribution is -2.07. The number of nitrogens with zero attached hydrogens (tertiary/aromatic N) is 2. The van der Waals surface area contributed by atoms with Crippen LogP contribution in [0, 0.1) is 13.8 Å². The number of aromatic nitrogens is 3. The summed E-state index contributed by atoms with van der Waals surface area (Å²) in [6.07, 6.45) is 1.83. The van der Waals surface area contributed by atoms with E-state index < -0.39 is 0 Å². The van der Waals surface area contributed by atoms with Gasteiger partial charge >= 0.3 is 0 Å². The Morgan fingerprint density at radius 2 is 2.27 bits per heavy atom. The van der Waals surface area contributed by atoms with Crippen molar-refractivity contribution in [3.63, 3.8) is 0 Å². The fraction of sp³-hybridized carbons (Fsp3) is 0.400. The maximum absolute atomic E-state index is 4.28. The summed E-state index contributed by atoms with van der Waals surface area (Å²) in [6.45, 7) is 6.10. The summed E-state index contributed by atoms with van der Waals surface area (Å²) in [7, 11) is 0. The molecule has 0 aliphatic carbocycles. The van der Waals surface area contributed by atoms with Crippen LogP contribution >= 0.6 is 11.3 Å². The van der Waals surface area contributed by atoms with Crippen molar-refractivity contribution in [1.82, 2.24) is 15.2 Å². The van der Waals surface area contributed by atoms with Crippen LogP contribution in [0.5, 0.6) is 0 Å². The van der Waals surface area contributed by atoms with E-state index in [0.717, 1.165) is 22.1 Å². The molecule has 2 rings (SSSR count). The summed E-state index contributed by atoms with van der Waals surface area (Å²) in [5, 5.41) is 13.6. The van der Waals surface area contributed by atoms with Gasteiger partial charge in [0, 0.05) is 11.6 Å². The lowest BCUT2D eigenvalue weighted by molar-refractivity contribution is 0.866. The van der Waals surface area contributed by atoms with Crippen molar-refractivity contribution in [2.75, 3.05) is 5.32 Å². The second-order valence-electron chi connectivity index (χ2n) is 3.55. The van der Waals surface area contributed by atoms with Crippen LogP contribution in [0.2, 0.25) is 0 Å². The zero-order valence-corrected chi connectivity index (χ0v) is 9.85. The van der Waals surface area contributed by atoms with E-state index in [4.69, 9.17) is 0 Å². The van der Waals surface area contributed by atoms with Gasteiger partial charge in [-0.05, 0) is 20.8 Å². The van der Waals surface area contributed by atoms with E-state index in [2.05, 4.69) is 27.4 Å². The van der Waals surface area contributed by atoms with Crippen molar-refractivity contribution < 1.29 is 0 Å². The van der Waals surface area contributed by atoms with Gasteiger partial charge in [0.15, 0.2) is 0 Å². The highest BCUT2D eigenvalue weighted by Gasteiger charge is 2.12. The Kier molecular flexibility index (Phi) is 2.73. The van der Waals surface area contributed by atoms with Gasteiger partial charge in [-0.3, -0.25) is 5.10 Å². The fourth-order valence-electron chi connectivity index (χ4n) is 1.49. The minimum atomic E-state index is 0.222. The normalized spacial score (nSPS) is 12.7. The molecule has 0 radical (unpaired) electrons. The van der Waals surface area contributed by atoms with Crippen LogP contribution in [-0.2, 0) is 0 Å². The van der Waals surface area contributed by atoms with E-state index in [1.807, 2.05) is 25.4 Å². The molecule has 1 unspecified atom stereocenters. The van der Waals surface area contributed by atoms with Crippen LogP contribution in [0.4, 0.5) is 5.69 Å². The second-order valence-corrected chi connectivity index (χ2v) is 4.47. The zero-order chi connectivity index (χ0) is 10.8. The van der Waals surface area contributed by atoms with Crippen LogP contribution in [0.25, 0.3) is 0 Å². The molecule has 0 saturated carbocycles. The molecule has 2 aromatic heterocycles. The lowest BCUT2D eigenvalue weighted by Gasteiger charge is -2.12. The molecular formula is C10H14N4S. The number of aryl methyl sites for hydroxylation is 2. The van der Waals surface area contributed by atoms with E-state index in [-0.39, 0.29) is 6.04 Å². The zero-order valence-electron chi connectivity index (χ0n) is 9.03. The Labute approximate surface area is 92.8 Å². The molecule has 0 spiro atoms. The first-order valence-corrected chi connectivity index (χ1v) is 5.74. The second kappa shape index (κ2) is 4.02. The Morgan fingerprint density at radius 3 is 2.80 bits per heavy atom. The smallest absolute Gasteiger partial charge is 0.115 e. The fourth-order valence-corrected chi connectivity index (χ4v) is 2.14. The van der Waals surface area contributed by atoms with E-state index in [9.17, 15) is 0 Å². The maximum atomic E-state index is 4.28. The molecule has 80 valence electrons. The van der Waals surface area contributed by atoms with Gasteiger partial charge in [0.25, 0.3) is 0 Å². The number of hydrogen-bond donors (Lipinski definition) is 2. The first kappa shape index (κ1) is 10.2. The Bertz CT molecular complexity index is 413. The molecule has 5 heteroatoms. The van der Waals surface area contributed by atoms with Crippen molar-refractivity contribution in [2.24, 2.45) is 0 Å². The highest BCUT2D eigenvalue weighted by Crippen LogP contribution is 2.24. The van der Waals surface area contributed by atoms with E-state index in [1.165, 1.54) is 0 Å². The average Bonchev–Trinajstić information content (AvgIpc) is 2.82. The largest absolute Gasteiger partial charge is 0.373 e. The molecule has 0 aliphatic heterocycles. The molecule has 2 heterocycles. The van der Waals surface area contributed by atoms with Gasteiger partial charge in [-0.25, -0.2) is 4.98 Å². The van der Waals surface area contributed by atoms with Gasteiger partial charge in [0.2, 0.25) is 0 Å². The van der Waals surface area contributed by atoms with Gasteiger partial charge in [0.05, 0.1) is 23.1 Å². The number of H-pyrrole nitrogens is 1. The minimum absolute atomic E-state index is 0.222. The molecule has 0 saturated heterocycles. The monoisotopic (exact) mass is 222 g/mol. The van der Waals surface area contributed by atoms with Crippen molar-refractivity contribution in [3.8, 4) is 0 Å². The first-order valence-electron chi connectivity index (χ1n) is 4.86. The molecule has 2 aromatic rings. The molecule has 0 fully saturated rings.